The number of nitrogens with one attached hydrogen (secondary N) is 2. The SMILES string of the molecule is CCOc1ccc(N(C(=O)NCCCOC)c2ccnc(N[C@@H](C)COC)n2)cc1. The molecule has 0 fully saturated rings. The maximum atomic E-state index is 13.0. The molecule has 0 saturated heterocycles. The minimum absolute atomic E-state index is 0.0204. The molecule has 2 rings (SSSR count). The van der Waals surface area contributed by atoms with Crippen LogP contribution in [0.1, 0.15) is 20.3 Å². The molecule has 0 saturated carbocycles. The number of anilines is 3. The van der Waals surface area contributed by atoms with Gasteiger partial charge in [-0.05, 0) is 44.5 Å². The van der Waals surface area contributed by atoms with Gasteiger partial charge in [0, 0.05) is 45.7 Å². The summed E-state index contributed by atoms with van der Waals surface area (Å²) < 4.78 is 15.7. The summed E-state index contributed by atoms with van der Waals surface area (Å²) in [6.45, 7) is 6.03. The maximum absolute atomic E-state index is 13.0. The van der Waals surface area contributed by atoms with Crippen LogP contribution in [0.3, 0.4) is 0 Å². The number of methoxy groups -OCH3 is 2. The Hall–Kier alpha value is -2.91. The van der Waals surface area contributed by atoms with Gasteiger partial charge in [0.05, 0.1) is 18.9 Å². The van der Waals surface area contributed by atoms with Gasteiger partial charge in [-0.3, -0.25) is 0 Å². The van der Waals surface area contributed by atoms with Gasteiger partial charge in [-0.15, -0.1) is 0 Å². The van der Waals surface area contributed by atoms with Crippen LogP contribution in [0.5, 0.6) is 5.75 Å². The van der Waals surface area contributed by atoms with E-state index in [0.717, 1.165) is 5.75 Å². The molecule has 1 atom stereocenters. The molecule has 0 radical (unpaired) electrons. The molecule has 0 aliphatic carbocycles. The van der Waals surface area contributed by atoms with E-state index >= 15 is 0 Å². The first-order chi connectivity index (χ1) is 14.6. The van der Waals surface area contributed by atoms with Crippen LogP contribution >= 0.6 is 0 Å². The Morgan fingerprint density at radius 3 is 2.60 bits per heavy atom. The number of nitrogens with zero attached hydrogens (tertiary/aromatic N) is 3. The van der Waals surface area contributed by atoms with Crippen LogP contribution in [0.2, 0.25) is 0 Å². The van der Waals surface area contributed by atoms with Gasteiger partial charge in [-0.1, -0.05) is 0 Å². The quantitative estimate of drug-likeness (QED) is 0.512. The van der Waals surface area contributed by atoms with Crippen molar-refractivity contribution in [3.63, 3.8) is 0 Å². The lowest BCUT2D eigenvalue weighted by atomic mass is 10.2. The van der Waals surface area contributed by atoms with Gasteiger partial charge in [0.15, 0.2) is 0 Å². The number of carbonyl (C=O) groups excluding carboxylic acids is 1. The second-order valence-electron chi connectivity index (χ2n) is 6.58. The van der Waals surface area contributed by atoms with Crippen molar-refractivity contribution in [2.75, 3.05) is 50.8 Å². The number of hydrogen-bond donors (Lipinski definition) is 2. The average molecular weight is 418 g/mol. The van der Waals surface area contributed by atoms with Crippen molar-refractivity contribution in [3.8, 4) is 5.75 Å². The molecule has 0 unspecified atom stereocenters. The van der Waals surface area contributed by atoms with Gasteiger partial charge in [-0.25, -0.2) is 14.7 Å². The van der Waals surface area contributed by atoms with Crippen molar-refractivity contribution in [2.45, 2.75) is 26.3 Å². The lowest BCUT2D eigenvalue weighted by molar-refractivity contribution is 0.190. The molecule has 0 bridgehead atoms. The second kappa shape index (κ2) is 12.6. The minimum atomic E-state index is -0.287. The third-order valence-electron chi connectivity index (χ3n) is 4.07. The van der Waals surface area contributed by atoms with E-state index in [0.29, 0.717) is 50.2 Å². The van der Waals surface area contributed by atoms with Gasteiger partial charge < -0.3 is 24.8 Å². The summed E-state index contributed by atoms with van der Waals surface area (Å²) in [6, 6.07) is 8.72. The van der Waals surface area contributed by atoms with Gasteiger partial charge in [0.1, 0.15) is 11.6 Å². The molecular weight excluding hydrogens is 386 g/mol. The first kappa shape index (κ1) is 23.4. The van der Waals surface area contributed by atoms with Gasteiger partial charge in [0.2, 0.25) is 5.95 Å². The lowest BCUT2D eigenvalue weighted by Crippen LogP contribution is -2.38. The zero-order valence-corrected chi connectivity index (χ0v) is 18.1. The number of benzene rings is 1. The van der Waals surface area contributed by atoms with Crippen LogP contribution in [-0.4, -0.2) is 62.6 Å². The van der Waals surface area contributed by atoms with E-state index in [-0.39, 0.29) is 12.1 Å². The first-order valence-corrected chi connectivity index (χ1v) is 9.97. The summed E-state index contributed by atoms with van der Waals surface area (Å²) in [5.41, 5.74) is 0.664. The van der Waals surface area contributed by atoms with E-state index in [1.54, 1.807) is 26.5 Å². The first-order valence-electron chi connectivity index (χ1n) is 9.97. The summed E-state index contributed by atoms with van der Waals surface area (Å²) in [5.74, 6) is 1.60. The fraction of sp³-hybridized carbons (Fsp3) is 0.476. The molecule has 0 aliphatic heterocycles. The Kier molecular flexibility index (Phi) is 9.82. The molecule has 1 aromatic carbocycles. The van der Waals surface area contributed by atoms with Gasteiger partial charge in [0.25, 0.3) is 0 Å². The number of urea groups is 1. The number of rotatable bonds is 12. The van der Waals surface area contributed by atoms with E-state index in [1.807, 2.05) is 38.1 Å². The zero-order chi connectivity index (χ0) is 21.8. The van der Waals surface area contributed by atoms with Crippen LogP contribution in [0.4, 0.5) is 22.2 Å². The number of aromatic nitrogens is 2. The van der Waals surface area contributed by atoms with E-state index in [1.165, 1.54) is 4.90 Å². The third kappa shape index (κ3) is 7.16. The summed E-state index contributed by atoms with van der Waals surface area (Å²) in [6.07, 6.45) is 2.33. The van der Waals surface area contributed by atoms with Crippen LogP contribution in [0.25, 0.3) is 0 Å². The fourth-order valence-electron chi connectivity index (χ4n) is 2.76. The van der Waals surface area contributed by atoms with Crippen molar-refractivity contribution in [1.29, 1.82) is 0 Å². The molecule has 1 aromatic heterocycles. The standard InChI is InChI=1S/C21H31N5O4/c1-5-30-18-9-7-17(8-10-18)26(21(27)23-12-6-14-28-3)19-11-13-22-20(25-19)24-16(2)15-29-4/h7-11,13,16H,5-6,12,14-15H2,1-4H3,(H,23,27)(H,22,24,25)/t16-/m0/s1. The summed E-state index contributed by atoms with van der Waals surface area (Å²) in [4.78, 5) is 23.3. The van der Waals surface area contributed by atoms with Crippen LogP contribution in [-0.2, 0) is 9.47 Å². The predicted molar refractivity (Wildman–Crippen MR) is 117 cm³/mol. The lowest BCUT2D eigenvalue weighted by Gasteiger charge is -2.23. The average Bonchev–Trinajstić information content (AvgIpc) is 2.73. The molecule has 9 heteroatoms. The molecule has 2 aromatic rings. The van der Waals surface area contributed by atoms with Crippen molar-refractivity contribution >= 4 is 23.5 Å². The van der Waals surface area contributed by atoms with Crippen LogP contribution < -0.4 is 20.3 Å². The molecule has 164 valence electrons. The highest BCUT2D eigenvalue weighted by Gasteiger charge is 2.20. The van der Waals surface area contributed by atoms with Crippen molar-refractivity contribution in [2.24, 2.45) is 0 Å². The van der Waals surface area contributed by atoms with Crippen molar-refractivity contribution < 1.29 is 19.0 Å². The summed E-state index contributed by atoms with van der Waals surface area (Å²) in [7, 11) is 3.27. The number of amides is 2. The predicted octanol–water partition coefficient (Wildman–Crippen LogP) is 3.21. The smallest absolute Gasteiger partial charge is 0.327 e. The third-order valence-corrected chi connectivity index (χ3v) is 4.07. The maximum Gasteiger partial charge on any atom is 0.327 e. The fourth-order valence-corrected chi connectivity index (χ4v) is 2.76. The Morgan fingerprint density at radius 2 is 1.93 bits per heavy atom. The van der Waals surface area contributed by atoms with Crippen LogP contribution in [0.15, 0.2) is 36.5 Å². The molecule has 0 spiro atoms. The minimum Gasteiger partial charge on any atom is -0.494 e. The molecule has 2 N–H and O–H groups in total. The molecule has 2 amide bonds. The molecule has 1 heterocycles. The largest absolute Gasteiger partial charge is 0.494 e. The Balaban J connectivity index is 2.27. The Labute approximate surface area is 177 Å². The number of ether oxygens (including phenoxy) is 3. The molecule has 0 aliphatic rings. The number of hydrogen-bond acceptors (Lipinski definition) is 7. The Bertz CT molecular complexity index is 772. The van der Waals surface area contributed by atoms with Crippen molar-refractivity contribution in [3.05, 3.63) is 36.5 Å². The molecule has 9 nitrogen and oxygen atoms in total. The summed E-state index contributed by atoms with van der Waals surface area (Å²) >= 11 is 0. The zero-order valence-electron chi connectivity index (χ0n) is 18.1. The van der Waals surface area contributed by atoms with Gasteiger partial charge >= 0.3 is 6.03 Å². The molecular formula is C21H31N5O4. The highest BCUT2D eigenvalue weighted by Crippen LogP contribution is 2.26. The number of carbonyl (C=O) groups is 1. The molecule has 30 heavy (non-hydrogen) atoms. The monoisotopic (exact) mass is 417 g/mol. The van der Waals surface area contributed by atoms with Crippen LogP contribution in [0, 0.1) is 0 Å². The second-order valence-corrected chi connectivity index (χ2v) is 6.58. The van der Waals surface area contributed by atoms with Crippen molar-refractivity contribution in [1.82, 2.24) is 15.3 Å². The summed E-state index contributed by atoms with van der Waals surface area (Å²) in [5, 5.41) is 6.08. The highest BCUT2D eigenvalue weighted by atomic mass is 16.5. The van der Waals surface area contributed by atoms with Gasteiger partial charge in [-0.2, -0.15) is 4.98 Å². The highest BCUT2D eigenvalue weighted by molar-refractivity contribution is 5.98. The van der Waals surface area contributed by atoms with E-state index in [2.05, 4.69) is 20.6 Å². The Morgan fingerprint density at radius 1 is 1.17 bits per heavy atom. The van der Waals surface area contributed by atoms with E-state index in [9.17, 15) is 4.79 Å². The normalized spacial score (nSPS) is 11.6. The topological polar surface area (TPSA) is 97.8 Å². The van der Waals surface area contributed by atoms with E-state index in [4.69, 9.17) is 14.2 Å². The van der Waals surface area contributed by atoms with E-state index < -0.39 is 0 Å².